The Labute approximate surface area is 100 Å². The molecule has 4 heteroatoms. The van der Waals surface area contributed by atoms with Gasteiger partial charge in [-0.3, -0.25) is 0 Å². The summed E-state index contributed by atoms with van der Waals surface area (Å²) in [4.78, 5) is 8.94. The van der Waals surface area contributed by atoms with Crippen LogP contribution in [0.15, 0.2) is 6.07 Å². The number of fused-ring (bicyclic) bond motifs is 1. The second kappa shape index (κ2) is 4.06. The molecule has 0 aromatic carbocycles. The van der Waals surface area contributed by atoms with Gasteiger partial charge in [0.2, 0.25) is 0 Å². The van der Waals surface area contributed by atoms with E-state index in [-0.39, 0.29) is 0 Å². The molecule has 0 aliphatic rings. The molecule has 2 aromatic rings. The Morgan fingerprint density at radius 1 is 1.38 bits per heavy atom. The van der Waals surface area contributed by atoms with Crippen LogP contribution in [0.4, 0.5) is 0 Å². The molecule has 86 valence electrons. The van der Waals surface area contributed by atoms with Gasteiger partial charge in [0.25, 0.3) is 0 Å². The highest BCUT2D eigenvalue weighted by atomic mass is 35.5. The van der Waals surface area contributed by atoms with Crippen molar-refractivity contribution in [3.8, 4) is 0 Å². The van der Waals surface area contributed by atoms with Crippen molar-refractivity contribution in [2.75, 3.05) is 0 Å². The summed E-state index contributed by atoms with van der Waals surface area (Å²) in [7, 11) is 1.93. The van der Waals surface area contributed by atoms with Crippen LogP contribution in [0.25, 0.3) is 11.0 Å². The number of hydrogen-bond acceptors (Lipinski definition) is 2. The van der Waals surface area contributed by atoms with Gasteiger partial charge in [0.05, 0.1) is 5.69 Å². The molecular weight excluding hydrogens is 222 g/mol. The maximum Gasteiger partial charge on any atom is 0.144 e. The Hall–Kier alpha value is -1.09. The zero-order chi connectivity index (χ0) is 11.9. The molecule has 16 heavy (non-hydrogen) atoms. The first-order valence-electron chi connectivity index (χ1n) is 5.47. The van der Waals surface area contributed by atoms with Crippen LogP contribution in [0.1, 0.15) is 25.4 Å². The first-order chi connectivity index (χ1) is 7.49. The minimum atomic E-state index is 0.580. The lowest BCUT2D eigenvalue weighted by Crippen LogP contribution is -2.02. The summed E-state index contributed by atoms with van der Waals surface area (Å²) in [5.41, 5.74) is 2.02. The highest BCUT2D eigenvalue weighted by Crippen LogP contribution is 2.24. The average Bonchev–Trinajstić information content (AvgIpc) is 2.44. The number of hydrogen-bond donors (Lipinski definition) is 0. The third-order valence-electron chi connectivity index (χ3n) is 2.62. The number of nitrogens with zero attached hydrogens (tertiary/aromatic N) is 3. The Kier molecular flexibility index (Phi) is 2.89. The zero-order valence-electron chi connectivity index (χ0n) is 10.1. The van der Waals surface area contributed by atoms with E-state index in [0.717, 1.165) is 29.0 Å². The van der Waals surface area contributed by atoms with Gasteiger partial charge in [0.15, 0.2) is 0 Å². The van der Waals surface area contributed by atoms with Crippen molar-refractivity contribution < 1.29 is 0 Å². The summed E-state index contributed by atoms with van der Waals surface area (Å²) in [6, 6.07) is 1.95. The molecule has 0 unspecified atom stereocenters. The van der Waals surface area contributed by atoms with Crippen molar-refractivity contribution in [3.63, 3.8) is 0 Å². The van der Waals surface area contributed by atoms with Gasteiger partial charge in [0.1, 0.15) is 16.6 Å². The van der Waals surface area contributed by atoms with Crippen LogP contribution in [-0.2, 0) is 13.5 Å². The molecule has 0 bridgehead atoms. The standard InChI is InChI=1S/C12H16ClN3/c1-7(2)5-10-9-6-11(13)16(4)12(9)15-8(3)14-10/h6-7H,5H2,1-4H3. The molecular formula is C12H16ClN3. The molecule has 2 aromatic heterocycles. The summed E-state index contributed by atoms with van der Waals surface area (Å²) < 4.78 is 1.90. The second-order valence-corrected chi connectivity index (χ2v) is 4.97. The number of aromatic nitrogens is 3. The van der Waals surface area contributed by atoms with Gasteiger partial charge < -0.3 is 4.57 Å². The van der Waals surface area contributed by atoms with Crippen LogP contribution < -0.4 is 0 Å². The normalized spacial score (nSPS) is 11.6. The largest absolute Gasteiger partial charge is 0.319 e. The van der Waals surface area contributed by atoms with Crippen molar-refractivity contribution in [3.05, 3.63) is 22.7 Å². The monoisotopic (exact) mass is 237 g/mol. The SMILES string of the molecule is Cc1nc(CC(C)C)c2cc(Cl)n(C)c2n1. The van der Waals surface area contributed by atoms with E-state index >= 15 is 0 Å². The second-order valence-electron chi connectivity index (χ2n) is 4.58. The molecule has 3 nitrogen and oxygen atoms in total. The molecule has 0 aliphatic carbocycles. The Bertz CT molecular complexity index is 529. The van der Waals surface area contributed by atoms with Crippen LogP contribution >= 0.6 is 11.6 Å². The summed E-state index contributed by atoms with van der Waals surface area (Å²) >= 11 is 6.11. The fourth-order valence-electron chi connectivity index (χ4n) is 1.89. The molecule has 0 radical (unpaired) electrons. The quantitative estimate of drug-likeness (QED) is 0.804. The van der Waals surface area contributed by atoms with Crippen molar-refractivity contribution >= 4 is 22.6 Å². The van der Waals surface area contributed by atoms with E-state index in [9.17, 15) is 0 Å². The molecule has 0 aliphatic heterocycles. The third-order valence-corrected chi connectivity index (χ3v) is 2.98. The van der Waals surface area contributed by atoms with E-state index < -0.39 is 0 Å². The fraction of sp³-hybridized carbons (Fsp3) is 0.500. The lowest BCUT2D eigenvalue weighted by molar-refractivity contribution is 0.636. The topological polar surface area (TPSA) is 30.7 Å². The molecule has 0 N–H and O–H groups in total. The molecule has 2 heterocycles. The molecule has 0 spiro atoms. The van der Waals surface area contributed by atoms with Gasteiger partial charge in [-0.05, 0) is 25.3 Å². The lowest BCUT2D eigenvalue weighted by atomic mass is 10.1. The Balaban J connectivity index is 2.68. The molecule has 0 atom stereocenters. The predicted molar refractivity (Wildman–Crippen MR) is 66.8 cm³/mol. The van der Waals surface area contributed by atoms with Crippen LogP contribution in [0.2, 0.25) is 5.15 Å². The van der Waals surface area contributed by atoms with E-state index in [1.807, 2.05) is 24.6 Å². The van der Waals surface area contributed by atoms with Gasteiger partial charge in [-0.1, -0.05) is 25.4 Å². The number of rotatable bonds is 2. The lowest BCUT2D eigenvalue weighted by Gasteiger charge is -2.07. The van der Waals surface area contributed by atoms with Gasteiger partial charge >= 0.3 is 0 Å². The van der Waals surface area contributed by atoms with E-state index in [0.29, 0.717) is 11.1 Å². The van der Waals surface area contributed by atoms with Gasteiger partial charge in [-0.15, -0.1) is 0 Å². The van der Waals surface area contributed by atoms with Gasteiger partial charge in [0, 0.05) is 12.4 Å². The first kappa shape index (κ1) is 11.4. The molecule has 0 fully saturated rings. The minimum Gasteiger partial charge on any atom is -0.319 e. The van der Waals surface area contributed by atoms with Crippen LogP contribution in [0.5, 0.6) is 0 Å². The summed E-state index contributed by atoms with van der Waals surface area (Å²) in [6.07, 6.45) is 0.959. The third kappa shape index (κ3) is 1.92. The highest BCUT2D eigenvalue weighted by Gasteiger charge is 2.12. The Morgan fingerprint density at radius 3 is 2.69 bits per heavy atom. The molecule has 0 amide bonds. The fourth-order valence-corrected chi connectivity index (χ4v) is 2.08. The van der Waals surface area contributed by atoms with E-state index in [2.05, 4.69) is 23.8 Å². The van der Waals surface area contributed by atoms with Crippen LogP contribution in [0.3, 0.4) is 0 Å². The van der Waals surface area contributed by atoms with Crippen LogP contribution in [0, 0.1) is 12.8 Å². The predicted octanol–water partition coefficient (Wildman–Crippen LogP) is 3.13. The van der Waals surface area contributed by atoms with Crippen LogP contribution in [-0.4, -0.2) is 14.5 Å². The number of halogens is 1. The van der Waals surface area contributed by atoms with Crippen molar-refractivity contribution in [1.82, 2.24) is 14.5 Å². The van der Waals surface area contributed by atoms with E-state index in [1.54, 1.807) is 0 Å². The van der Waals surface area contributed by atoms with Crippen molar-refractivity contribution in [1.29, 1.82) is 0 Å². The number of aryl methyl sites for hydroxylation is 2. The zero-order valence-corrected chi connectivity index (χ0v) is 10.8. The first-order valence-corrected chi connectivity index (χ1v) is 5.85. The summed E-state index contributed by atoms with van der Waals surface area (Å²) in [5.74, 6) is 1.39. The molecule has 0 saturated heterocycles. The van der Waals surface area contributed by atoms with E-state index in [1.165, 1.54) is 0 Å². The Morgan fingerprint density at radius 2 is 2.06 bits per heavy atom. The van der Waals surface area contributed by atoms with Gasteiger partial charge in [-0.25, -0.2) is 9.97 Å². The molecule has 0 saturated carbocycles. The van der Waals surface area contributed by atoms with Gasteiger partial charge in [-0.2, -0.15) is 0 Å². The molecule has 2 rings (SSSR count). The van der Waals surface area contributed by atoms with Crippen molar-refractivity contribution in [2.24, 2.45) is 13.0 Å². The average molecular weight is 238 g/mol. The smallest absolute Gasteiger partial charge is 0.144 e. The van der Waals surface area contributed by atoms with Crippen molar-refractivity contribution in [2.45, 2.75) is 27.2 Å². The maximum atomic E-state index is 6.11. The summed E-state index contributed by atoms with van der Waals surface area (Å²) in [6.45, 7) is 6.30. The minimum absolute atomic E-state index is 0.580. The summed E-state index contributed by atoms with van der Waals surface area (Å²) in [5, 5.41) is 1.78. The highest BCUT2D eigenvalue weighted by molar-refractivity contribution is 6.30. The maximum absolute atomic E-state index is 6.11. The van der Waals surface area contributed by atoms with E-state index in [4.69, 9.17) is 11.6 Å².